The number of carbonyl (C=O) groups is 2. The number of carbonyl (C=O) groups excluding carboxylic acids is 2. The Bertz CT molecular complexity index is 832. The molecule has 2 aromatic carbocycles. The molecule has 0 spiro atoms. The van der Waals surface area contributed by atoms with E-state index in [9.17, 15) is 9.59 Å². The minimum Gasteiger partial charge on any atom is -0.496 e. The fraction of sp³-hybridized carbons (Fsp3) is 0.417. The highest BCUT2D eigenvalue weighted by molar-refractivity contribution is 5.88. The number of nitrogens with zero attached hydrogens (tertiary/aromatic N) is 1. The molecule has 0 fully saturated rings. The van der Waals surface area contributed by atoms with Crippen molar-refractivity contribution in [2.45, 2.75) is 39.3 Å². The van der Waals surface area contributed by atoms with Crippen LogP contribution in [0.15, 0.2) is 48.5 Å². The number of benzene rings is 2. The maximum atomic E-state index is 13.0. The van der Waals surface area contributed by atoms with E-state index in [4.69, 9.17) is 14.2 Å². The van der Waals surface area contributed by atoms with Gasteiger partial charge in [-0.2, -0.15) is 0 Å². The average molecular weight is 429 g/mol. The molecular formula is C24H32N2O5. The minimum absolute atomic E-state index is 0.0125. The van der Waals surface area contributed by atoms with Crippen molar-refractivity contribution in [3.8, 4) is 17.2 Å². The number of hydrogen-bond donors (Lipinski definition) is 1. The smallest absolute Gasteiger partial charge is 0.261 e. The van der Waals surface area contributed by atoms with Crippen LogP contribution in [-0.4, -0.2) is 56.2 Å². The first kappa shape index (κ1) is 24.1. The molecule has 2 amide bonds. The van der Waals surface area contributed by atoms with E-state index in [-0.39, 0.29) is 24.5 Å². The molecule has 0 aliphatic heterocycles. The van der Waals surface area contributed by atoms with Gasteiger partial charge >= 0.3 is 0 Å². The minimum atomic E-state index is -0.623. The van der Waals surface area contributed by atoms with Crippen molar-refractivity contribution in [3.05, 3.63) is 54.1 Å². The zero-order chi connectivity index (χ0) is 22.8. The van der Waals surface area contributed by atoms with E-state index in [0.717, 1.165) is 5.56 Å². The first-order valence-corrected chi connectivity index (χ1v) is 10.3. The normalized spacial score (nSPS) is 11.5. The largest absolute Gasteiger partial charge is 0.496 e. The SMILES string of the molecule is COc1cc(OC)cc(OCC(=O)N(CCc2ccccc2)[C@@H](C)C(=O)NC(C)C)c1. The molecule has 7 nitrogen and oxygen atoms in total. The predicted molar refractivity (Wildman–Crippen MR) is 120 cm³/mol. The first-order chi connectivity index (χ1) is 14.8. The van der Waals surface area contributed by atoms with Crippen molar-refractivity contribution < 1.29 is 23.8 Å². The standard InChI is InChI=1S/C24H32N2O5/c1-17(2)25-24(28)18(3)26(12-11-19-9-7-6-8-10-19)23(27)16-31-22-14-20(29-4)13-21(15-22)30-5/h6-10,13-15,17-18H,11-12,16H2,1-5H3,(H,25,28)/t18-/m0/s1. The second-order valence-corrected chi connectivity index (χ2v) is 7.50. The van der Waals surface area contributed by atoms with Gasteiger partial charge in [0.1, 0.15) is 23.3 Å². The van der Waals surface area contributed by atoms with Gasteiger partial charge in [-0.15, -0.1) is 0 Å². The zero-order valence-electron chi connectivity index (χ0n) is 18.9. The van der Waals surface area contributed by atoms with Crippen molar-refractivity contribution in [1.82, 2.24) is 10.2 Å². The Morgan fingerprint density at radius 3 is 2.06 bits per heavy atom. The molecule has 1 atom stereocenters. The lowest BCUT2D eigenvalue weighted by Crippen LogP contribution is -2.51. The van der Waals surface area contributed by atoms with Crippen LogP contribution in [0.5, 0.6) is 17.2 Å². The summed E-state index contributed by atoms with van der Waals surface area (Å²) in [4.78, 5) is 27.2. The lowest BCUT2D eigenvalue weighted by molar-refractivity contribution is -0.141. The summed E-state index contributed by atoms with van der Waals surface area (Å²) in [5.74, 6) is 1.11. The van der Waals surface area contributed by atoms with Crippen LogP contribution in [-0.2, 0) is 16.0 Å². The Balaban J connectivity index is 2.12. The summed E-state index contributed by atoms with van der Waals surface area (Å²) in [6.07, 6.45) is 0.638. The van der Waals surface area contributed by atoms with Crippen molar-refractivity contribution in [2.75, 3.05) is 27.4 Å². The van der Waals surface area contributed by atoms with Gasteiger partial charge in [-0.05, 0) is 32.8 Å². The second kappa shape index (κ2) is 11.8. The van der Waals surface area contributed by atoms with Crippen LogP contribution in [0.4, 0.5) is 0 Å². The van der Waals surface area contributed by atoms with E-state index < -0.39 is 6.04 Å². The van der Waals surface area contributed by atoms with Crippen LogP contribution in [0.1, 0.15) is 26.3 Å². The molecule has 168 valence electrons. The molecule has 1 N–H and O–H groups in total. The van der Waals surface area contributed by atoms with Crippen LogP contribution in [0, 0.1) is 0 Å². The predicted octanol–water partition coefficient (Wildman–Crippen LogP) is 3.07. The Hall–Kier alpha value is -3.22. The molecule has 0 bridgehead atoms. The van der Waals surface area contributed by atoms with Gasteiger partial charge in [-0.1, -0.05) is 30.3 Å². The summed E-state index contributed by atoms with van der Waals surface area (Å²) in [7, 11) is 3.09. The quantitative estimate of drug-likeness (QED) is 0.595. The fourth-order valence-electron chi connectivity index (χ4n) is 3.07. The monoisotopic (exact) mass is 428 g/mol. The van der Waals surface area contributed by atoms with Crippen molar-refractivity contribution >= 4 is 11.8 Å². The van der Waals surface area contributed by atoms with E-state index in [2.05, 4.69) is 5.32 Å². The summed E-state index contributed by atoms with van der Waals surface area (Å²) in [5, 5.41) is 2.87. The molecule has 0 radical (unpaired) electrons. The third-order valence-corrected chi connectivity index (χ3v) is 4.77. The highest BCUT2D eigenvalue weighted by Gasteiger charge is 2.26. The summed E-state index contributed by atoms with van der Waals surface area (Å²) < 4.78 is 16.2. The molecule has 31 heavy (non-hydrogen) atoms. The summed E-state index contributed by atoms with van der Waals surface area (Å²) in [5.41, 5.74) is 1.09. The third kappa shape index (κ3) is 7.51. The Morgan fingerprint density at radius 2 is 1.52 bits per heavy atom. The van der Waals surface area contributed by atoms with E-state index in [1.165, 1.54) is 0 Å². The summed E-state index contributed by atoms with van der Waals surface area (Å²) in [6, 6.07) is 14.3. The number of amides is 2. The Kier molecular flexibility index (Phi) is 9.18. The Morgan fingerprint density at radius 1 is 0.935 bits per heavy atom. The maximum absolute atomic E-state index is 13.0. The number of rotatable bonds is 11. The van der Waals surface area contributed by atoms with Crippen molar-refractivity contribution in [3.63, 3.8) is 0 Å². The number of ether oxygens (including phenoxy) is 3. The fourth-order valence-corrected chi connectivity index (χ4v) is 3.07. The van der Waals surface area contributed by atoms with Crippen molar-refractivity contribution in [2.24, 2.45) is 0 Å². The molecule has 0 saturated heterocycles. The highest BCUT2D eigenvalue weighted by atomic mass is 16.5. The van der Waals surface area contributed by atoms with Crippen LogP contribution >= 0.6 is 0 Å². The lowest BCUT2D eigenvalue weighted by atomic mass is 10.1. The number of methoxy groups -OCH3 is 2. The molecule has 2 rings (SSSR count). The second-order valence-electron chi connectivity index (χ2n) is 7.50. The molecule has 0 aliphatic rings. The van der Waals surface area contributed by atoms with Gasteiger partial charge in [0.05, 0.1) is 14.2 Å². The number of nitrogens with one attached hydrogen (secondary N) is 1. The lowest BCUT2D eigenvalue weighted by Gasteiger charge is -2.29. The summed E-state index contributed by atoms with van der Waals surface area (Å²) >= 11 is 0. The molecule has 2 aromatic rings. The highest BCUT2D eigenvalue weighted by Crippen LogP contribution is 2.27. The van der Waals surface area contributed by atoms with Gasteiger partial charge in [0.25, 0.3) is 5.91 Å². The van der Waals surface area contributed by atoms with Crippen molar-refractivity contribution in [1.29, 1.82) is 0 Å². The van der Waals surface area contributed by atoms with E-state index in [1.54, 1.807) is 44.2 Å². The maximum Gasteiger partial charge on any atom is 0.261 e. The van der Waals surface area contributed by atoms with Gasteiger partial charge in [0, 0.05) is 30.8 Å². The van der Waals surface area contributed by atoms with Gasteiger partial charge in [0.2, 0.25) is 5.91 Å². The van der Waals surface area contributed by atoms with E-state index >= 15 is 0 Å². The van der Waals surface area contributed by atoms with Gasteiger partial charge < -0.3 is 24.4 Å². The van der Waals surface area contributed by atoms with E-state index in [1.807, 2.05) is 44.2 Å². The number of hydrogen-bond acceptors (Lipinski definition) is 5. The van der Waals surface area contributed by atoms with Crippen LogP contribution < -0.4 is 19.5 Å². The molecule has 0 heterocycles. The molecule has 0 aromatic heterocycles. The van der Waals surface area contributed by atoms with Gasteiger partial charge in [0.15, 0.2) is 6.61 Å². The van der Waals surface area contributed by atoms with Crippen LogP contribution in [0.25, 0.3) is 0 Å². The molecule has 0 aliphatic carbocycles. The topological polar surface area (TPSA) is 77.1 Å². The Labute approximate surface area is 184 Å². The molecule has 0 unspecified atom stereocenters. The van der Waals surface area contributed by atoms with Crippen LogP contribution in [0.3, 0.4) is 0 Å². The van der Waals surface area contributed by atoms with Crippen LogP contribution in [0.2, 0.25) is 0 Å². The van der Waals surface area contributed by atoms with Gasteiger partial charge in [-0.25, -0.2) is 0 Å². The van der Waals surface area contributed by atoms with E-state index in [0.29, 0.717) is 30.2 Å². The zero-order valence-corrected chi connectivity index (χ0v) is 18.9. The third-order valence-electron chi connectivity index (χ3n) is 4.77. The molecule has 7 heteroatoms. The molecule has 0 saturated carbocycles. The average Bonchev–Trinajstić information content (AvgIpc) is 2.77. The van der Waals surface area contributed by atoms with Gasteiger partial charge in [-0.3, -0.25) is 9.59 Å². The summed E-state index contributed by atoms with van der Waals surface area (Å²) in [6.45, 7) is 5.71. The molecular weight excluding hydrogens is 396 g/mol. The first-order valence-electron chi connectivity index (χ1n) is 10.3.